The number of alkyl carbamates (subject to hydrolysis) is 1. The molecule has 2 aliphatic heterocycles. The van der Waals surface area contributed by atoms with Crippen molar-refractivity contribution in [1.82, 2.24) is 34.7 Å². The molecule has 362 valence electrons. The first-order valence-electron chi connectivity index (χ1n) is 19.8. The molecule has 4 heterocycles. The van der Waals surface area contributed by atoms with Gasteiger partial charge in [-0.3, -0.25) is 13.9 Å². The highest BCUT2D eigenvalue weighted by atomic mass is 31.3. The fraction of sp³-hybridized carbons (Fsp3) is 0.289. The molecule has 2 unspecified atom stereocenters. The van der Waals surface area contributed by atoms with E-state index in [0.29, 0.717) is 27.9 Å². The van der Waals surface area contributed by atoms with Crippen LogP contribution in [0.1, 0.15) is 26.9 Å². The predicted octanol–water partition coefficient (Wildman–Crippen LogP) is 1.85. The van der Waals surface area contributed by atoms with Crippen molar-refractivity contribution < 1.29 is 84.9 Å². The molecule has 68 heavy (non-hydrogen) atoms. The van der Waals surface area contributed by atoms with Gasteiger partial charge < -0.3 is 64.9 Å². The number of hydrogen-bond acceptors (Lipinski definition) is 18. The lowest BCUT2D eigenvalue weighted by atomic mass is 9.89. The van der Waals surface area contributed by atoms with E-state index in [0.717, 1.165) is 23.7 Å². The summed E-state index contributed by atoms with van der Waals surface area (Å²) in [5, 5.41) is 28.1. The number of nitrogens with zero attached hydrogens (tertiary/aromatic N) is 6. The fourth-order valence-electron chi connectivity index (χ4n) is 7.16. The highest BCUT2D eigenvalue weighted by molar-refractivity contribution is 7.66. The lowest BCUT2D eigenvalue weighted by molar-refractivity contribution is -0.0508. The minimum absolute atomic E-state index is 0.0388. The molecule has 0 radical (unpaired) electrons. The number of nitrogens with two attached hydrogens (primary N) is 1. The van der Waals surface area contributed by atoms with Crippen LogP contribution in [0.25, 0.3) is 44.6 Å². The maximum absolute atomic E-state index is 13.6. The van der Waals surface area contributed by atoms with Crippen molar-refractivity contribution in [2.24, 2.45) is 0 Å². The zero-order valence-corrected chi connectivity index (χ0v) is 38.6. The third-order valence-corrected chi connectivity index (χ3v) is 14.0. The molecule has 2 aromatic carbocycles. The molecule has 0 spiro atoms. The van der Waals surface area contributed by atoms with E-state index in [2.05, 4.69) is 34.2 Å². The summed E-state index contributed by atoms with van der Waals surface area (Å²) in [5.74, 6) is -1.48. The summed E-state index contributed by atoms with van der Waals surface area (Å²) in [6.45, 7) is -1.63. The number of carboxylic acids is 1. The first kappa shape index (κ1) is 49.7. The summed E-state index contributed by atoms with van der Waals surface area (Å²) in [6, 6.07) is 15.1. The number of nitrogen functional groups attached to an aromatic ring is 1. The molecular weight excluding hydrogens is 963 g/mol. The Morgan fingerprint density at radius 2 is 1.65 bits per heavy atom. The smallest absolute Gasteiger partial charge is 0.478 e. The minimum Gasteiger partial charge on any atom is -0.478 e. The van der Waals surface area contributed by atoms with Crippen LogP contribution in [0.2, 0.25) is 0 Å². The Morgan fingerprint density at radius 3 is 2.34 bits per heavy atom. The number of aromatic nitrogens is 4. The Hall–Kier alpha value is -6.18. The van der Waals surface area contributed by atoms with Gasteiger partial charge in [-0.2, -0.15) is 8.62 Å². The lowest BCUT2D eigenvalue weighted by Gasteiger charge is -2.22. The summed E-state index contributed by atoms with van der Waals surface area (Å²) < 4.78 is 68.3. The van der Waals surface area contributed by atoms with Crippen molar-refractivity contribution >= 4 is 75.1 Å². The van der Waals surface area contributed by atoms with Crippen LogP contribution in [0, 0.1) is 0 Å². The largest absolute Gasteiger partial charge is 0.490 e. The molecule has 27 nitrogen and oxygen atoms in total. The summed E-state index contributed by atoms with van der Waals surface area (Å²) in [4.78, 5) is 90.6. The average Bonchev–Trinajstić information content (AvgIpc) is 3.82. The van der Waals surface area contributed by atoms with Crippen LogP contribution in [0.15, 0.2) is 71.7 Å². The molecule has 4 aromatic rings. The van der Waals surface area contributed by atoms with Crippen LogP contribution in [-0.4, -0.2) is 133 Å². The molecule has 3 aliphatic rings. The van der Waals surface area contributed by atoms with E-state index in [-0.39, 0.29) is 46.8 Å². The van der Waals surface area contributed by atoms with Gasteiger partial charge in [-0.05, 0) is 42.0 Å². The highest BCUT2D eigenvalue weighted by Gasteiger charge is 2.50. The van der Waals surface area contributed by atoms with Crippen LogP contribution < -0.4 is 31.2 Å². The molecule has 1 saturated heterocycles. The molecule has 0 bridgehead atoms. The summed E-state index contributed by atoms with van der Waals surface area (Å²) in [5.41, 5.74) is 8.58. The van der Waals surface area contributed by atoms with Crippen LogP contribution in [0.3, 0.4) is 0 Å². The monoisotopic (exact) mass is 1010 g/mol. The minimum atomic E-state index is -5.91. The van der Waals surface area contributed by atoms with Crippen LogP contribution in [0.5, 0.6) is 0 Å². The maximum Gasteiger partial charge on any atom is 0.490 e. The Bertz CT molecular complexity index is 3140. The number of phosphoric acid groups is 3. The van der Waals surface area contributed by atoms with E-state index < -0.39 is 72.6 Å². The predicted molar refractivity (Wildman–Crippen MR) is 237 cm³/mol. The number of aliphatic hydroxyl groups is 1. The number of aliphatic hydroxyl groups excluding tert-OH is 1. The van der Waals surface area contributed by atoms with E-state index in [4.69, 9.17) is 33.9 Å². The molecule has 10 N–H and O–H groups in total. The standard InChI is InChI=1S/C38H42N9O18P3/c1-45(2)20-6-9-23-26(14-20)61-27-15-21(46(3)4)7-10-24(27)29(23)25-13-19(5-8-22(25)37(50)51)35(49)40-11-12-41-38(52)63-32-28(16-60-67(56,57)65-68(58,59)64-66(53,54)55)62-36(31(32)48)47-18-44-30-33(39)42-17-43-34(30)47/h5-10,13-15,17-18,28,31-32,36,48H,11-12,16H2,1-4H3,(H8-,39,40,41,42,43,49,50,51,52,53,54,55,56,57,58,59)/p+1/t28-,31-,32-,36-/m1/s1. The van der Waals surface area contributed by atoms with Gasteiger partial charge in [0.15, 0.2) is 23.8 Å². The first-order chi connectivity index (χ1) is 31.9. The van der Waals surface area contributed by atoms with Crippen LogP contribution in [-0.2, 0) is 36.3 Å². The van der Waals surface area contributed by atoms with Gasteiger partial charge in [-0.15, -0.1) is 0 Å². The van der Waals surface area contributed by atoms with Gasteiger partial charge in [0.25, 0.3) is 5.91 Å². The topological polar surface area (TPSA) is 383 Å². The Morgan fingerprint density at radius 1 is 0.912 bits per heavy atom. The molecule has 30 heteroatoms. The average molecular weight is 1010 g/mol. The second kappa shape index (κ2) is 19.4. The molecule has 0 saturated carbocycles. The number of rotatable bonds is 16. The van der Waals surface area contributed by atoms with Gasteiger partial charge in [0.05, 0.1) is 24.6 Å². The van der Waals surface area contributed by atoms with E-state index in [1.165, 1.54) is 22.8 Å². The fourth-order valence-corrected chi connectivity index (χ4v) is 10.2. The van der Waals surface area contributed by atoms with Gasteiger partial charge in [0.1, 0.15) is 49.5 Å². The Labute approximate surface area is 383 Å². The summed E-state index contributed by atoms with van der Waals surface area (Å²) in [7, 11) is -9.86. The number of benzene rings is 3. The number of aromatic carboxylic acids is 1. The molecule has 1 fully saturated rings. The maximum atomic E-state index is 13.6. The van der Waals surface area contributed by atoms with E-state index >= 15 is 0 Å². The van der Waals surface area contributed by atoms with Gasteiger partial charge in [0.2, 0.25) is 5.36 Å². The second-order valence-electron chi connectivity index (χ2n) is 15.3. The van der Waals surface area contributed by atoms with Crippen LogP contribution >= 0.6 is 23.5 Å². The Balaban J connectivity index is 1.07. The van der Waals surface area contributed by atoms with E-state index in [1.54, 1.807) is 0 Å². The van der Waals surface area contributed by atoms with Gasteiger partial charge >= 0.3 is 35.5 Å². The molecule has 1 aliphatic carbocycles. The van der Waals surface area contributed by atoms with Crippen LogP contribution in [0.4, 0.5) is 16.3 Å². The third-order valence-electron chi connectivity index (χ3n) is 10.2. The number of carboxylic acid groups (broad SMARTS) is 1. The number of nitrogens with one attached hydrogen (secondary N) is 2. The number of hydrogen-bond donors (Lipinski definition) is 9. The van der Waals surface area contributed by atoms with E-state index in [9.17, 15) is 48.1 Å². The Kier molecular flexibility index (Phi) is 14.2. The number of anilines is 2. The number of phosphoric ester groups is 1. The summed E-state index contributed by atoms with van der Waals surface area (Å²) in [6.07, 6.45) is -5.74. The quantitative estimate of drug-likeness (QED) is 0.0289. The van der Waals surface area contributed by atoms with Crippen molar-refractivity contribution in [3.8, 4) is 22.5 Å². The highest BCUT2D eigenvalue weighted by Crippen LogP contribution is 2.66. The number of amides is 2. The van der Waals surface area contributed by atoms with Crippen molar-refractivity contribution in [2.45, 2.75) is 24.5 Å². The lowest BCUT2D eigenvalue weighted by Crippen LogP contribution is -2.42. The molecule has 2 amide bonds. The molecule has 2 aromatic heterocycles. The summed E-state index contributed by atoms with van der Waals surface area (Å²) >= 11 is 0. The zero-order chi connectivity index (χ0) is 49.5. The molecular formula is C38H43N9O18P3+. The van der Waals surface area contributed by atoms with E-state index in [1.807, 2.05) is 74.1 Å². The van der Waals surface area contributed by atoms with Gasteiger partial charge in [0, 0.05) is 67.1 Å². The molecule has 7 rings (SSSR count). The number of fused-ring (bicyclic) bond motifs is 3. The van der Waals surface area contributed by atoms with Crippen molar-refractivity contribution in [3.63, 3.8) is 0 Å². The molecule has 6 atom stereocenters. The first-order valence-corrected chi connectivity index (χ1v) is 24.3. The third kappa shape index (κ3) is 11.1. The number of imidazole rings is 1. The second-order valence-corrected chi connectivity index (χ2v) is 19.7. The van der Waals surface area contributed by atoms with Crippen molar-refractivity contribution in [3.05, 3.63) is 83.7 Å². The SMILES string of the molecule is CN(C)c1ccc2c(-c3cc(C(=O)NCCNC(=O)O[C@H]4[C@@H](O)[C@H](n5cnc6c(N)ncnc65)O[C@@H]4COP(=O)(O)OP(=O)(O)OP(=O)(O)O)ccc3C(=O)O)c3ccc(=[N+](C)C)cc-3oc2c1. The number of ether oxygens (including phenoxy) is 2. The van der Waals surface area contributed by atoms with Crippen molar-refractivity contribution in [1.29, 1.82) is 0 Å². The number of carbonyl (C=O) groups is 3. The normalized spacial score (nSPS) is 19.1. The number of carbonyl (C=O) groups excluding carboxylic acids is 2. The van der Waals surface area contributed by atoms with Gasteiger partial charge in [-0.1, -0.05) is 0 Å². The van der Waals surface area contributed by atoms with Crippen molar-refractivity contribution in [2.75, 3.05) is 58.5 Å². The zero-order valence-electron chi connectivity index (χ0n) is 36.0. The van der Waals surface area contributed by atoms with Gasteiger partial charge in [-0.25, -0.2) is 42.8 Å².